The van der Waals surface area contributed by atoms with E-state index >= 15 is 0 Å². The summed E-state index contributed by atoms with van der Waals surface area (Å²) in [6, 6.07) is 7.79. The van der Waals surface area contributed by atoms with Crippen LogP contribution in [0, 0.1) is 0 Å². The molecule has 1 heterocycles. The summed E-state index contributed by atoms with van der Waals surface area (Å²) < 4.78 is 0. The second kappa shape index (κ2) is 5.43. The first kappa shape index (κ1) is 13.6. The van der Waals surface area contributed by atoms with Gasteiger partial charge in [-0.05, 0) is 24.6 Å². The topological polar surface area (TPSA) is 121 Å². The molecule has 2 rings (SSSR count). The molecule has 1 aromatic carbocycles. The molecule has 0 aliphatic carbocycles. The summed E-state index contributed by atoms with van der Waals surface area (Å²) in [6.45, 7) is 1.79. The highest BCUT2D eigenvalue weighted by atomic mass is 16.2. The predicted molar refractivity (Wildman–Crippen MR) is 74.4 cm³/mol. The average Bonchev–Trinajstić information content (AvgIpc) is 2.38. The Morgan fingerprint density at radius 2 is 1.85 bits per heavy atom. The number of aromatic amines is 2. The lowest BCUT2D eigenvalue weighted by Gasteiger charge is -2.14. The van der Waals surface area contributed by atoms with Crippen molar-refractivity contribution in [2.75, 3.05) is 5.73 Å². The molecule has 1 unspecified atom stereocenters. The Hall–Kier alpha value is -2.83. The van der Waals surface area contributed by atoms with Gasteiger partial charge in [-0.1, -0.05) is 12.1 Å². The van der Waals surface area contributed by atoms with E-state index in [9.17, 15) is 14.4 Å². The number of nitrogens with one attached hydrogen (secondary N) is 3. The molecule has 0 aliphatic heterocycles. The van der Waals surface area contributed by atoms with Crippen molar-refractivity contribution in [1.29, 1.82) is 0 Å². The molecule has 0 fully saturated rings. The number of anilines is 1. The lowest BCUT2D eigenvalue weighted by Crippen LogP contribution is -2.32. The molecular weight excluding hydrogens is 260 g/mol. The molecule has 0 bridgehead atoms. The van der Waals surface area contributed by atoms with Gasteiger partial charge < -0.3 is 16.0 Å². The van der Waals surface area contributed by atoms with E-state index in [0.717, 1.165) is 11.6 Å². The van der Waals surface area contributed by atoms with Crippen molar-refractivity contribution in [3.63, 3.8) is 0 Å². The molecule has 0 radical (unpaired) electrons. The molecule has 1 atom stereocenters. The molecule has 20 heavy (non-hydrogen) atoms. The average molecular weight is 274 g/mol. The van der Waals surface area contributed by atoms with Crippen molar-refractivity contribution in [2.45, 2.75) is 13.0 Å². The minimum Gasteiger partial charge on any atom is -0.399 e. The van der Waals surface area contributed by atoms with E-state index < -0.39 is 17.2 Å². The zero-order valence-electron chi connectivity index (χ0n) is 10.8. The van der Waals surface area contributed by atoms with Crippen LogP contribution in [0.15, 0.2) is 39.9 Å². The van der Waals surface area contributed by atoms with Crippen LogP contribution in [0.2, 0.25) is 0 Å². The van der Waals surface area contributed by atoms with Crippen LogP contribution in [0.4, 0.5) is 5.69 Å². The number of nitrogens with two attached hydrogens (primary N) is 1. The van der Waals surface area contributed by atoms with Gasteiger partial charge in [0.15, 0.2) is 0 Å². The second-order valence-electron chi connectivity index (χ2n) is 4.36. The SMILES string of the molecule is CC(NC(=O)c1cc(=O)[nH]c(=O)[nH]1)c1ccc(N)cc1. The Bertz CT molecular complexity index is 702. The molecule has 0 saturated carbocycles. The minimum atomic E-state index is -0.720. The van der Waals surface area contributed by atoms with Crippen LogP contribution < -0.4 is 22.3 Å². The summed E-state index contributed by atoms with van der Waals surface area (Å²) in [5, 5.41) is 2.68. The van der Waals surface area contributed by atoms with Crippen molar-refractivity contribution in [3.05, 3.63) is 62.4 Å². The Morgan fingerprint density at radius 3 is 2.45 bits per heavy atom. The van der Waals surface area contributed by atoms with Crippen LogP contribution in [0.1, 0.15) is 29.0 Å². The van der Waals surface area contributed by atoms with E-state index in [0.29, 0.717) is 5.69 Å². The number of carbonyl (C=O) groups is 1. The predicted octanol–water partition coefficient (Wildman–Crippen LogP) is 0.136. The second-order valence-corrected chi connectivity index (χ2v) is 4.36. The number of aromatic nitrogens is 2. The van der Waals surface area contributed by atoms with Gasteiger partial charge >= 0.3 is 5.69 Å². The van der Waals surface area contributed by atoms with Gasteiger partial charge in [0.05, 0.1) is 6.04 Å². The molecule has 0 spiro atoms. The van der Waals surface area contributed by atoms with E-state index in [4.69, 9.17) is 5.73 Å². The Kier molecular flexibility index (Phi) is 3.69. The Balaban J connectivity index is 2.16. The number of nitrogen functional groups attached to an aromatic ring is 1. The van der Waals surface area contributed by atoms with E-state index in [1.807, 2.05) is 4.98 Å². The summed E-state index contributed by atoms with van der Waals surface area (Å²) in [4.78, 5) is 38.5. The monoisotopic (exact) mass is 274 g/mol. The van der Waals surface area contributed by atoms with Crippen LogP contribution in [0.3, 0.4) is 0 Å². The van der Waals surface area contributed by atoms with Crippen molar-refractivity contribution in [3.8, 4) is 0 Å². The molecule has 0 aliphatic rings. The summed E-state index contributed by atoms with van der Waals surface area (Å²) in [5.41, 5.74) is 5.65. The first-order valence-corrected chi connectivity index (χ1v) is 5.95. The fourth-order valence-corrected chi connectivity index (χ4v) is 1.73. The van der Waals surface area contributed by atoms with Gasteiger partial charge in [0.25, 0.3) is 11.5 Å². The fourth-order valence-electron chi connectivity index (χ4n) is 1.73. The lowest BCUT2D eigenvalue weighted by atomic mass is 10.1. The summed E-state index contributed by atoms with van der Waals surface area (Å²) in [5.74, 6) is -0.530. The Morgan fingerprint density at radius 1 is 1.20 bits per heavy atom. The van der Waals surface area contributed by atoms with E-state index in [1.54, 1.807) is 31.2 Å². The van der Waals surface area contributed by atoms with Crippen LogP contribution in [-0.4, -0.2) is 15.9 Å². The van der Waals surface area contributed by atoms with Crippen LogP contribution >= 0.6 is 0 Å². The smallest absolute Gasteiger partial charge is 0.326 e. The van der Waals surface area contributed by atoms with Crippen LogP contribution in [0.5, 0.6) is 0 Å². The molecule has 1 aromatic heterocycles. The number of carbonyl (C=O) groups excluding carboxylic acids is 1. The van der Waals surface area contributed by atoms with Gasteiger partial charge in [0.1, 0.15) is 5.69 Å². The third kappa shape index (κ3) is 3.14. The normalized spacial score (nSPS) is 11.8. The fraction of sp³-hybridized carbons (Fsp3) is 0.154. The zero-order chi connectivity index (χ0) is 14.7. The Labute approximate surface area is 113 Å². The van der Waals surface area contributed by atoms with Crippen molar-refractivity contribution < 1.29 is 4.79 Å². The third-order valence-corrected chi connectivity index (χ3v) is 2.79. The molecule has 7 nitrogen and oxygen atoms in total. The van der Waals surface area contributed by atoms with Crippen molar-refractivity contribution in [1.82, 2.24) is 15.3 Å². The molecular formula is C13H14N4O3. The van der Waals surface area contributed by atoms with Crippen LogP contribution in [-0.2, 0) is 0 Å². The van der Waals surface area contributed by atoms with E-state index in [-0.39, 0.29) is 11.7 Å². The zero-order valence-corrected chi connectivity index (χ0v) is 10.8. The summed E-state index contributed by atoms with van der Waals surface area (Å²) >= 11 is 0. The number of H-pyrrole nitrogens is 2. The van der Waals surface area contributed by atoms with Gasteiger partial charge in [-0.2, -0.15) is 0 Å². The number of benzene rings is 1. The first-order chi connectivity index (χ1) is 9.45. The molecule has 104 valence electrons. The van der Waals surface area contributed by atoms with Gasteiger partial charge in [-0.25, -0.2) is 4.79 Å². The lowest BCUT2D eigenvalue weighted by molar-refractivity contribution is 0.0934. The van der Waals surface area contributed by atoms with E-state index in [1.165, 1.54) is 0 Å². The van der Waals surface area contributed by atoms with Gasteiger partial charge in [-0.15, -0.1) is 0 Å². The van der Waals surface area contributed by atoms with Crippen molar-refractivity contribution >= 4 is 11.6 Å². The first-order valence-electron chi connectivity index (χ1n) is 5.95. The maximum Gasteiger partial charge on any atom is 0.326 e. The molecule has 7 heteroatoms. The molecule has 1 amide bonds. The number of hydrogen-bond donors (Lipinski definition) is 4. The van der Waals surface area contributed by atoms with E-state index in [2.05, 4.69) is 10.3 Å². The van der Waals surface area contributed by atoms with Gasteiger partial charge in [0, 0.05) is 11.8 Å². The highest BCUT2D eigenvalue weighted by molar-refractivity contribution is 5.92. The molecule has 2 aromatic rings. The highest BCUT2D eigenvalue weighted by Gasteiger charge is 2.12. The molecule has 5 N–H and O–H groups in total. The van der Waals surface area contributed by atoms with Crippen LogP contribution in [0.25, 0.3) is 0 Å². The summed E-state index contributed by atoms with van der Waals surface area (Å²) in [6.07, 6.45) is 0. The maximum atomic E-state index is 11.9. The standard InChI is InChI=1S/C13H14N4O3/c1-7(8-2-4-9(14)5-3-8)15-12(19)10-6-11(18)17-13(20)16-10/h2-7H,14H2,1H3,(H,15,19)(H2,16,17,18,20). The van der Waals surface area contributed by atoms with Gasteiger partial charge in [0.2, 0.25) is 0 Å². The van der Waals surface area contributed by atoms with Gasteiger partial charge in [-0.3, -0.25) is 14.6 Å². The third-order valence-electron chi connectivity index (χ3n) is 2.79. The molecule has 0 saturated heterocycles. The number of amides is 1. The minimum absolute atomic E-state index is 0.0824. The maximum absolute atomic E-state index is 11.9. The largest absolute Gasteiger partial charge is 0.399 e. The number of rotatable bonds is 3. The summed E-state index contributed by atoms with van der Waals surface area (Å²) in [7, 11) is 0. The quantitative estimate of drug-likeness (QED) is 0.595. The van der Waals surface area contributed by atoms with Crippen molar-refractivity contribution in [2.24, 2.45) is 0 Å². The number of hydrogen-bond acceptors (Lipinski definition) is 4. The highest BCUT2D eigenvalue weighted by Crippen LogP contribution is 2.14.